The summed E-state index contributed by atoms with van der Waals surface area (Å²) in [6.07, 6.45) is 1.62. The molecule has 0 aliphatic carbocycles. The van der Waals surface area contributed by atoms with E-state index < -0.39 is 23.7 Å². The highest BCUT2D eigenvalue weighted by Gasteiger charge is 2.20. The first-order chi connectivity index (χ1) is 7.76. The van der Waals surface area contributed by atoms with Crippen molar-refractivity contribution in [1.82, 2.24) is 10.9 Å². The Balaban J connectivity index is 4.04. The Kier molecular flexibility index (Phi) is 6.98. The lowest BCUT2D eigenvalue weighted by Crippen LogP contribution is -2.49. The number of hydrazine groups is 1. The number of carboxylic acid groups (broad SMARTS) is 1. The third kappa shape index (κ3) is 8.82. The van der Waals surface area contributed by atoms with Gasteiger partial charge in [-0.2, -0.15) is 11.8 Å². The number of thioether (sulfide) groups is 1. The van der Waals surface area contributed by atoms with Crippen molar-refractivity contribution in [3.63, 3.8) is 0 Å². The molecule has 0 radical (unpaired) electrons. The number of hydrogen-bond acceptors (Lipinski definition) is 5. The normalized spacial score (nSPS) is 12.9. The minimum Gasteiger partial charge on any atom is -0.480 e. The van der Waals surface area contributed by atoms with Gasteiger partial charge in [0.05, 0.1) is 0 Å². The summed E-state index contributed by atoms with van der Waals surface area (Å²) in [5, 5.41) is 8.88. The zero-order valence-corrected chi connectivity index (χ0v) is 11.4. The molecule has 0 aromatic carbocycles. The Hall–Kier alpha value is -0.950. The number of rotatable bonds is 6. The third-order valence-electron chi connectivity index (χ3n) is 1.66. The van der Waals surface area contributed by atoms with Gasteiger partial charge >= 0.3 is 12.1 Å². The minimum absolute atomic E-state index is 0.423. The van der Waals surface area contributed by atoms with Crippen LogP contribution in [-0.4, -0.2) is 40.8 Å². The van der Waals surface area contributed by atoms with Crippen LogP contribution in [0.3, 0.4) is 0 Å². The summed E-state index contributed by atoms with van der Waals surface area (Å²) in [4.78, 5) is 22.1. The molecule has 0 bridgehead atoms. The van der Waals surface area contributed by atoms with Gasteiger partial charge in [-0.05, 0) is 39.2 Å². The van der Waals surface area contributed by atoms with E-state index in [4.69, 9.17) is 9.84 Å². The van der Waals surface area contributed by atoms with Gasteiger partial charge in [0.2, 0.25) is 0 Å². The fourth-order valence-corrected chi connectivity index (χ4v) is 1.41. The van der Waals surface area contributed by atoms with Crippen molar-refractivity contribution in [1.29, 1.82) is 0 Å². The molecule has 0 saturated heterocycles. The van der Waals surface area contributed by atoms with Gasteiger partial charge in [0.15, 0.2) is 0 Å². The molecular weight excluding hydrogens is 244 g/mol. The molecule has 3 N–H and O–H groups in total. The molecule has 1 amide bonds. The highest BCUT2D eigenvalue weighted by molar-refractivity contribution is 7.98. The van der Waals surface area contributed by atoms with Gasteiger partial charge in [-0.1, -0.05) is 0 Å². The second kappa shape index (κ2) is 7.39. The zero-order chi connectivity index (χ0) is 13.5. The van der Waals surface area contributed by atoms with Gasteiger partial charge in [-0.15, -0.1) is 0 Å². The molecule has 6 nitrogen and oxygen atoms in total. The van der Waals surface area contributed by atoms with E-state index in [2.05, 4.69) is 10.9 Å². The van der Waals surface area contributed by atoms with Crippen LogP contribution >= 0.6 is 11.8 Å². The molecule has 100 valence electrons. The van der Waals surface area contributed by atoms with Gasteiger partial charge < -0.3 is 9.84 Å². The van der Waals surface area contributed by atoms with Crippen LogP contribution in [0.5, 0.6) is 0 Å². The second-order valence-corrected chi connectivity index (χ2v) is 5.43. The molecule has 0 heterocycles. The standard InChI is InChI=1S/C10H20N2O4S/c1-10(2,3)16-9(15)12-11-7(8(13)14)5-6-17-4/h7,11H,5-6H2,1-4H3,(H,12,15)(H,13,14)/t7-/m0/s1. The molecule has 0 aliphatic rings. The Bertz CT molecular complexity index is 266. The second-order valence-electron chi connectivity index (χ2n) is 4.44. The van der Waals surface area contributed by atoms with Crippen LogP contribution in [0.4, 0.5) is 4.79 Å². The summed E-state index contributed by atoms with van der Waals surface area (Å²) in [7, 11) is 0. The summed E-state index contributed by atoms with van der Waals surface area (Å²) >= 11 is 1.54. The molecule has 0 aliphatic heterocycles. The van der Waals surface area contributed by atoms with Gasteiger partial charge in [0.25, 0.3) is 0 Å². The molecule has 17 heavy (non-hydrogen) atoms. The van der Waals surface area contributed by atoms with Crippen LogP contribution in [0.15, 0.2) is 0 Å². The maximum Gasteiger partial charge on any atom is 0.422 e. The number of nitrogens with one attached hydrogen (secondary N) is 2. The van der Waals surface area contributed by atoms with Crippen LogP contribution < -0.4 is 10.9 Å². The van der Waals surface area contributed by atoms with Crippen LogP contribution in [-0.2, 0) is 9.53 Å². The van der Waals surface area contributed by atoms with Crippen LogP contribution in [0.2, 0.25) is 0 Å². The van der Waals surface area contributed by atoms with Crippen molar-refractivity contribution in [2.45, 2.75) is 38.8 Å². The molecule has 7 heteroatoms. The quantitative estimate of drug-likeness (QED) is 0.625. The van der Waals surface area contributed by atoms with Crippen LogP contribution in [0.25, 0.3) is 0 Å². The van der Waals surface area contributed by atoms with E-state index >= 15 is 0 Å². The molecule has 0 saturated carbocycles. The highest BCUT2D eigenvalue weighted by atomic mass is 32.2. The van der Waals surface area contributed by atoms with Gasteiger partial charge in [0, 0.05) is 0 Å². The fourth-order valence-electron chi connectivity index (χ4n) is 0.943. The van der Waals surface area contributed by atoms with Crippen molar-refractivity contribution in [3.05, 3.63) is 0 Å². The van der Waals surface area contributed by atoms with E-state index in [1.54, 1.807) is 32.5 Å². The largest absolute Gasteiger partial charge is 0.480 e. The number of ether oxygens (including phenoxy) is 1. The molecular formula is C10H20N2O4S. The van der Waals surface area contributed by atoms with E-state index in [-0.39, 0.29) is 0 Å². The van der Waals surface area contributed by atoms with Crippen LogP contribution in [0.1, 0.15) is 27.2 Å². The summed E-state index contributed by atoms with van der Waals surface area (Å²) < 4.78 is 4.96. The van der Waals surface area contributed by atoms with E-state index in [1.807, 2.05) is 6.26 Å². The summed E-state index contributed by atoms with van der Waals surface area (Å²) in [6, 6.07) is -0.810. The lowest BCUT2D eigenvalue weighted by atomic mass is 10.2. The molecule has 0 aromatic rings. The van der Waals surface area contributed by atoms with E-state index in [9.17, 15) is 9.59 Å². The number of carbonyl (C=O) groups is 2. The van der Waals surface area contributed by atoms with Gasteiger partial charge in [-0.3, -0.25) is 10.2 Å². The Morgan fingerprint density at radius 1 is 1.41 bits per heavy atom. The first-order valence-corrected chi connectivity index (χ1v) is 6.62. The molecule has 1 atom stereocenters. The first-order valence-electron chi connectivity index (χ1n) is 5.22. The summed E-state index contributed by atoms with van der Waals surface area (Å²) in [5.74, 6) is -0.310. The van der Waals surface area contributed by atoms with Crippen molar-refractivity contribution in [3.8, 4) is 0 Å². The average Bonchev–Trinajstić information content (AvgIpc) is 2.14. The predicted molar refractivity (Wildman–Crippen MR) is 66.9 cm³/mol. The predicted octanol–water partition coefficient (Wildman–Crippen LogP) is 1.22. The van der Waals surface area contributed by atoms with E-state index in [0.29, 0.717) is 12.2 Å². The maximum absolute atomic E-state index is 11.3. The van der Waals surface area contributed by atoms with Crippen molar-refractivity contribution >= 4 is 23.8 Å². The SMILES string of the molecule is CSCC[C@H](NNC(=O)OC(C)(C)C)C(=O)O. The third-order valence-corrected chi connectivity index (χ3v) is 2.30. The number of aliphatic carboxylic acids is 1. The zero-order valence-electron chi connectivity index (χ0n) is 10.6. The summed E-state index contributed by atoms with van der Waals surface area (Å²) in [6.45, 7) is 5.19. The number of carbonyl (C=O) groups excluding carboxylic acids is 1. The highest BCUT2D eigenvalue weighted by Crippen LogP contribution is 2.06. The molecule has 0 aromatic heterocycles. The Labute approximate surface area is 105 Å². The molecule has 0 unspecified atom stereocenters. The average molecular weight is 264 g/mol. The maximum atomic E-state index is 11.3. The number of hydrogen-bond donors (Lipinski definition) is 3. The van der Waals surface area contributed by atoms with Gasteiger partial charge in [-0.25, -0.2) is 10.2 Å². The monoisotopic (exact) mass is 264 g/mol. The van der Waals surface area contributed by atoms with Crippen molar-refractivity contribution in [2.75, 3.05) is 12.0 Å². The lowest BCUT2D eigenvalue weighted by Gasteiger charge is -2.21. The van der Waals surface area contributed by atoms with Crippen LogP contribution in [0, 0.1) is 0 Å². The minimum atomic E-state index is -1.00. The van der Waals surface area contributed by atoms with Crippen molar-refractivity contribution in [2.24, 2.45) is 0 Å². The molecule has 0 fully saturated rings. The number of carboxylic acids is 1. The van der Waals surface area contributed by atoms with Gasteiger partial charge in [0.1, 0.15) is 11.6 Å². The Morgan fingerprint density at radius 2 is 2.00 bits per heavy atom. The topological polar surface area (TPSA) is 87.7 Å². The molecule has 0 spiro atoms. The Morgan fingerprint density at radius 3 is 2.41 bits per heavy atom. The molecule has 0 rings (SSSR count). The van der Waals surface area contributed by atoms with E-state index in [1.165, 1.54) is 0 Å². The smallest absolute Gasteiger partial charge is 0.422 e. The van der Waals surface area contributed by atoms with Crippen molar-refractivity contribution < 1.29 is 19.4 Å². The van der Waals surface area contributed by atoms with E-state index in [0.717, 1.165) is 0 Å². The summed E-state index contributed by atoms with van der Waals surface area (Å²) in [5.41, 5.74) is 4.06. The number of amides is 1. The fraction of sp³-hybridized carbons (Fsp3) is 0.800. The lowest BCUT2D eigenvalue weighted by molar-refractivity contribution is -0.139. The first kappa shape index (κ1) is 16.1.